The highest BCUT2D eigenvalue weighted by atomic mass is 19.3. The highest BCUT2D eigenvalue weighted by Gasteiger charge is 2.37. The van der Waals surface area contributed by atoms with Crippen LogP contribution in [0.4, 0.5) is 8.78 Å². The number of hydrogen-bond acceptors (Lipinski definition) is 4. The van der Waals surface area contributed by atoms with E-state index in [0.717, 1.165) is 24.3 Å². The van der Waals surface area contributed by atoms with Crippen LogP contribution in [-0.4, -0.2) is 56.5 Å². The first kappa shape index (κ1) is 22.1. The molecule has 1 aliphatic heterocycles. The van der Waals surface area contributed by atoms with Gasteiger partial charge in [0, 0.05) is 44.0 Å². The van der Waals surface area contributed by atoms with Crippen molar-refractivity contribution >= 4 is 11.6 Å². The summed E-state index contributed by atoms with van der Waals surface area (Å²) in [6, 6.07) is 2.01. The van der Waals surface area contributed by atoms with Gasteiger partial charge in [-0.2, -0.15) is 5.10 Å². The van der Waals surface area contributed by atoms with Gasteiger partial charge in [-0.05, 0) is 38.2 Å². The van der Waals surface area contributed by atoms with Crippen LogP contribution >= 0.6 is 0 Å². The van der Waals surface area contributed by atoms with Gasteiger partial charge in [-0.15, -0.1) is 0 Å². The van der Waals surface area contributed by atoms with Crippen LogP contribution in [0.3, 0.4) is 0 Å². The molecule has 3 heterocycles. The molecule has 1 aliphatic carbocycles. The summed E-state index contributed by atoms with van der Waals surface area (Å²) in [4.78, 5) is 19.9. The summed E-state index contributed by atoms with van der Waals surface area (Å²) in [5.41, 5.74) is 2.30. The lowest BCUT2D eigenvalue weighted by molar-refractivity contribution is -0.0385. The van der Waals surface area contributed by atoms with Crippen LogP contribution in [-0.2, 0) is 5.41 Å². The van der Waals surface area contributed by atoms with Gasteiger partial charge < -0.3 is 10.2 Å². The number of piperazine rings is 1. The number of imidazole rings is 1. The predicted molar refractivity (Wildman–Crippen MR) is 116 cm³/mol. The van der Waals surface area contributed by atoms with Crippen LogP contribution in [0, 0.1) is 0 Å². The lowest BCUT2D eigenvalue weighted by Gasteiger charge is -2.42. The molecule has 0 unspecified atom stereocenters. The summed E-state index contributed by atoms with van der Waals surface area (Å²) >= 11 is 0. The van der Waals surface area contributed by atoms with E-state index in [2.05, 4.69) is 26.1 Å². The van der Waals surface area contributed by atoms with Crippen molar-refractivity contribution in [2.24, 2.45) is 0 Å². The Morgan fingerprint density at radius 3 is 2.52 bits per heavy atom. The van der Waals surface area contributed by atoms with Crippen LogP contribution in [0.15, 0.2) is 12.3 Å². The maximum Gasteiger partial charge on any atom is 0.274 e. The van der Waals surface area contributed by atoms with E-state index in [-0.39, 0.29) is 35.6 Å². The van der Waals surface area contributed by atoms with Crippen molar-refractivity contribution in [3.05, 3.63) is 29.2 Å². The molecule has 4 rings (SSSR count). The molecule has 170 valence electrons. The first-order valence-corrected chi connectivity index (χ1v) is 11.2. The van der Waals surface area contributed by atoms with Crippen LogP contribution in [0.5, 0.6) is 0 Å². The van der Waals surface area contributed by atoms with Crippen LogP contribution in [0.25, 0.3) is 5.65 Å². The highest BCUT2D eigenvalue weighted by molar-refractivity contribution is 5.93. The summed E-state index contributed by atoms with van der Waals surface area (Å²) in [5.74, 6) is -2.67. The van der Waals surface area contributed by atoms with Crippen molar-refractivity contribution in [2.75, 3.05) is 19.6 Å². The molecule has 0 atom stereocenters. The average molecular weight is 434 g/mol. The van der Waals surface area contributed by atoms with Gasteiger partial charge in [0.15, 0.2) is 5.65 Å². The van der Waals surface area contributed by atoms with Gasteiger partial charge in [-0.1, -0.05) is 20.8 Å². The number of nitrogens with zero attached hydrogens (tertiary/aromatic N) is 4. The maximum atomic E-state index is 13.7. The van der Waals surface area contributed by atoms with Crippen LogP contribution in [0.2, 0.25) is 0 Å². The Morgan fingerprint density at radius 1 is 1.23 bits per heavy atom. The van der Waals surface area contributed by atoms with Gasteiger partial charge in [-0.3, -0.25) is 4.79 Å². The zero-order valence-electron chi connectivity index (χ0n) is 19.1. The first-order chi connectivity index (χ1) is 14.4. The predicted octanol–water partition coefficient (Wildman–Crippen LogP) is 4.14. The van der Waals surface area contributed by atoms with Crippen LogP contribution in [0.1, 0.15) is 88.0 Å². The van der Waals surface area contributed by atoms with Crippen molar-refractivity contribution < 1.29 is 13.6 Å². The topological polar surface area (TPSA) is 62.5 Å². The molecule has 2 aliphatic rings. The number of amides is 1. The Kier molecular flexibility index (Phi) is 5.35. The molecule has 2 aromatic rings. The number of carbonyl (C=O) groups excluding carboxylic acids is 1. The summed E-state index contributed by atoms with van der Waals surface area (Å²) in [7, 11) is 0. The summed E-state index contributed by atoms with van der Waals surface area (Å²) in [6.07, 6.45) is 2.34. The van der Waals surface area contributed by atoms with Crippen molar-refractivity contribution in [1.82, 2.24) is 24.8 Å². The summed E-state index contributed by atoms with van der Waals surface area (Å²) < 4.78 is 29.0. The van der Waals surface area contributed by atoms with Crippen molar-refractivity contribution in [2.45, 2.75) is 83.1 Å². The molecule has 1 amide bonds. The fourth-order valence-corrected chi connectivity index (χ4v) is 4.69. The molecule has 1 saturated heterocycles. The molecule has 2 aromatic heterocycles. The summed E-state index contributed by atoms with van der Waals surface area (Å²) in [5, 5.41) is 8.06. The Balaban J connectivity index is 1.73. The van der Waals surface area contributed by atoms with Gasteiger partial charge in [0.2, 0.25) is 5.92 Å². The number of alkyl halides is 2. The Bertz CT molecular complexity index is 982. The largest absolute Gasteiger partial charge is 0.330 e. The highest BCUT2D eigenvalue weighted by Crippen LogP contribution is 2.41. The third-order valence-electron chi connectivity index (χ3n) is 6.65. The van der Waals surface area contributed by atoms with E-state index in [1.165, 1.54) is 0 Å². The zero-order chi connectivity index (χ0) is 22.6. The van der Waals surface area contributed by atoms with E-state index in [0.29, 0.717) is 30.7 Å². The number of hydrogen-bond donors (Lipinski definition) is 1. The Hall–Kier alpha value is -2.09. The molecule has 31 heavy (non-hydrogen) atoms. The lowest BCUT2D eigenvalue weighted by Crippen LogP contribution is -2.59. The third kappa shape index (κ3) is 4.31. The van der Waals surface area contributed by atoms with E-state index in [1.807, 2.05) is 24.8 Å². The number of aromatic nitrogens is 3. The average Bonchev–Trinajstić information content (AvgIpc) is 3.09. The van der Waals surface area contributed by atoms with Gasteiger partial charge in [-0.25, -0.2) is 18.3 Å². The van der Waals surface area contributed by atoms with Gasteiger partial charge in [0.25, 0.3) is 5.91 Å². The number of carbonyl (C=O) groups is 1. The smallest absolute Gasteiger partial charge is 0.274 e. The lowest BCUT2D eigenvalue weighted by atomic mass is 9.82. The molecular formula is C23H33F2N5O. The molecule has 0 bridgehead atoms. The Labute approximate surface area is 182 Å². The van der Waals surface area contributed by atoms with E-state index >= 15 is 0 Å². The number of fused-ring (bicyclic) bond motifs is 1. The molecule has 0 spiro atoms. The number of halogens is 2. The standard InChI is InChI=1S/C23H33F2N5O/c1-21(2,3)16-12-17(15-6-8-23(24,25)9-7-15)28-30-13-18(27-19(16)30)20(31)29-11-10-26-14-22(29,4)5/h12-13,15,26H,6-11,14H2,1-5H3. The Morgan fingerprint density at radius 2 is 1.90 bits per heavy atom. The molecular weight excluding hydrogens is 400 g/mol. The van der Waals surface area contributed by atoms with Crippen molar-refractivity contribution in [3.63, 3.8) is 0 Å². The van der Waals surface area contributed by atoms with E-state index in [9.17, 15) is 13.6 Å². The minimum atomic E-state index is -2.57. The molecule has 2 fully saturated rings. The molecule has 6 nitrogen and oxygen atoms in total. The number of nitrogens with one attached hydrogen (secondary N) is 1. The van der Waals surface area contributed by atoms with E-state index < -0.39 is 5.92 Å². The fourth-order valence-electron chi connectivity index (χ4n) is 4.69. The fraction of sp³-hybridized carbons (Fsp3) is 0.696. The second-order valence-electron chi connectivity index (χ2n) is 10.7. The van der Waals surface area contributed by atoms with Crippen LogP contribution < -0.4 is 5.32 Å². The normalized spacial score (nSPS) is 22.1. The molecule has 8 heteroatoms. The molecule has 0 radical (unpaired) electrons. The van der Waals surface area contributed by atoms with Gasteiger partial charge >= 0.3 is 0 Å². The van der Waals surface area contributed by atoms with E-state index in [4.69, 9.17) is 10.1 Å². The number of rotatable bonds is 2. The van der Waals surface area contributed by atoms with Crippen molar-refractivity contribution in [3.8, 4) is 0 Å². The zero-order valence-corrected chi connectivity index (χ0v) is 19.1. The monoisotopic (exact) mass is 433 g/mol. The molecule has 1 saturated carbocycles. The maximum absolute atomic E-state index is 13.7. The summed E-state index contributed by atoms with van der Waals surface area (Å²) in [6.45, 7) is 12.5. The second-order valence-corrected chi connectivity index (χ2v) is 10.7. The first-order valence-electron chi connectivity index (χ1n) is 11.2. The molecule has 0 aromatic carbocycles. The molecule has 1 N–H and O–H groups in total. The van der Waals surface area contributed by atoms with Crippen molar-refractivity contribution in [1.29, 1.82) is 0 Å². The minimum Gasteiger partial charge on any atom is -0.330 e. The third-order valence-corrected chi connectivity index (χ3v) is 6.65. The minimum absolute atomic E-state index is 0.00113. The second kappa shape index (κ2) is 7.50. The van der Waals surface area contributed by atoms with Gasteiger partial charge in [0.05, 0.1) is 17.4 Å². The van der Waals surface area contributed by atoms with Gasteiger partial charge in [0.1, 0.15) is 5.69 Å². The quantitative estimate of drug-likeness (QED) is 0.773. The van der Waals surface area contributed by atoms with E-state index in [1.54, 1.807) is 10.7 Å². The SMILES string of the molecule is CC(C)(C)c1cc(C2CCC(F)(F)CC2)nn2cc(C(=O)N3CCNCC3(C)C)nc12.